The van der Waals surface area contributed by atoms with Crippen LogP contribution in [0.2, 0.25) is 0 Å². The molecule has 0 radical (unpaired) electrons. The van der Waals surface area contributed by atoms with Gasteiger partial charge in [-0.1, -0.05) is 157 Å². The van der Waals surface area contributed by atoms with Gasteiger partial charge in [0.15, 0.2) is 0 Å². The normalized spacial score (nSPS) is 10.8. The van der Waals surface area contributed by atoms with E-state index in [0.29, 0.717) is 26.4 Å². The zero-order valence-corrected chi connectivity index (χ0v) is 28.7. The van der Waals surface area contributed by atoms with E-state index in [4.69, 9.17) is 18.9 Å². The van der Waals surface area contributed by atoms with E-state index in [1.807, 2.05) is 0 Å². The van der Waals surface area contributed by atoms with Crippen LogP contribution in [-0.4, -0.2) is 50.8 Å². The Morgan fingerprint density at radius 2 is 0.489 bits per heavy atom. The highest BCUT2D eigenvalue weighted by molar-refractivity contribution is 5.73. The van der Waals surface area contributed by atoms with E-state index in [9.17, 15) is 19.2 Å². The number of carbonyl (C=O) groups excluding carboxylic acids is 4. The molecule has 12 nitrogen and oxygen atoms in total. The molecule has 12 heteroatoms. The van der Waals surface area contributed by atoms with Gasteiger partial charge < -0.3 is 18.9 Å². The van der Waals surface area contributed by atoms with Gasteiger partial charge in [-0.25, -0.2) is 19.2 Å². The molecule has 45 heavy (non-hydrogen) atoms. The van der Waals surface area contributed by atoms with Gasteiger partial charge >= 0.3 is 24.4 Å². The first-order valence-electron chi connectivity index (χ1n) is 17.4. The first-order chi connectivity index (χ1) is 21.9. The third kappa shape index (κ3) is 39.1. The Balaban J connectivity index is 0. The summed E-state index contributed by atoms with van der Waals surface area (Å²) in [5, 5.41) is 12.7. The molecule has 0 aromatic carbocycles. The fraction of sp³-hybridized carbons (Fsp3) is 0.879. The third-order valence-electron chi connectivity index (χ3n) is 6.57. The van der Waals surface area contributed by atoms with Crippen molar-refractivity contribution < 1.29 is 38.1 Å². The molecule has 0 fully saturated rings. The predicted molar refractivity (Wildman–Crippen MR) is 175 cm³/mol. The standard InChI is InChI=1S/C17H32N2O4.C16H30N2O4/c1-3-5-7-9-11-13-15-23-17(21)19-18-16(20)22-14-12-10-8-6-4-2;1-3-5-7-9-10-12-14-22-16(20)18-17-15(19)21-13-11-8-6-4-2/h3-15H2,1-2H3;3-14H2,1-2H3. The van der Waals surface area contributed by atoms with Crippen LogP contribution < -0.4 is 0 Å². The first-order valence-corrected chi connectivity index (χ1v) is 17.4. The maximum atomic E-state index is 11.2. The third-order valence-corrected chi connectivity index (χ3v) is 6.57. The van der Waals surface area contributed by atoms with E-state index >= 15 is 0 Å². The smallest absolute Gasteiger partial charge is 0.447 e. The Hall–Kier alpha value is -2.92. The monoisotopic (exact) mass is 642 g/mol. The number of rotatable bonds is 25. The van der Waals surface area contributed by atoms with Crippen molar-refractivity contribution in [1.82, 2.24) is 0 Å². The Kier molecular flexibility index (Phi) is 36.6. The number of carbonyl (C=O) groups is 4. The van der Waals surface area contributed by atoms with Crippen molar-refractivity contribution in [3.05, 3.63) is 0 Å². The molecule has 0 saturated carbocycles. The van der Waals surface area contributed by atoms with Crippen LogP contribution in [0.15, 0.2) is 20.5 Å². The highest BCUT2D eigenvalue weighted by atomic mass is 16.6. The largest absolute Gasteiger partial charge is 0.452 e. The number of hydrogen-bond donors (Lipinski definition) is 0. The molecule has 0 aromatic heterocycles. The van der Waals surface area contributed by atoms with Crippen molar-refractivity contribution >= 4 is 24.4 Å². The zero-order valence-electron chi connectivity index (χ0n) is 28.7. The van der Waals surface area contributed by atoms with Crippen molar-refractivity contribution in [2.75, 3.05) is 26.4 Å². The number of nitrogens with zero attached hydrogens (tertiary/aromatic N) is 4. The maximum Gasteiger partial charge on any atom is 0.452 e. The molecule has 0 aliphatic carbocycles. The minimum absolute atomic E-state index is 0.310. The van der Waals surface area contributed by atoms with Gasteiger partial charge in [-0.2, -0.15) is 0 Å². The average molecular weight is 643 g/mol. The van der Waals surface area contributed by atoms with Crippen LogP contribution in [0.4, 0.5) is 19.2 Å². The molecule has 262 valence electrons. The lowest BCUT2D eigenvalue weighted by Gasteiger charge is -2.01. The van der Waals surface area contributed by atoms with Crippen LogP contribution in [0.3, 0.4) is 0 Å². The molecule has 0 atom stereocenters. The zero-order chi connectivity index (χ0) is 33.6. The Labute approximate surface area is 271 Å². The molecular formula is C33H62N4O8. The maximum absolute atomic E-state index is 11.2. The van der Waals surface area contributed by atoms with Gasteiger partial charge in [0.05, 0.1) is 26.4 Å². The fourth-order valence-corrected chi connectivity index (χ4v) is 3.92. The highest BCUT2D eigenvalue weighted by Crippen LogP contribution is 2.07. The summed E-state index contributed by atoms with van der Waals surface area (Å²) >= 11 is 0. The summed E-state index contributed by atoms with van der Waals surface area (Å²) in [6, 6.07) is 0. The number of amides is 4. The molecule has 0 N–H and O–H groups in total. The molecular weight excluding hydrogens is 580 g/mol. The van der Waals surface area contributed by atoms with Crippen molar-refractivity contribution in [1.29, 1.82) is 0 Å². The Bertz CT molecular complexity index is 778. The first kappa shape index (κ1) is 44.2. The lowest BCUT2D eigenvalue weighted by atomic mass is 10.1. The second-order valence-corrected chi connectivity index (χ2v) is 10.9. The van der Waals surface area contributed by atoms with Crippen molar-refractivity contribution in [3.8, 4) is 0 Å². The summed E-state index contributed by atoms with van der Waals surface area (Å²) in [4.78, 5) is 44.8. The molecule has 0 unspecified atom stereocenters. The summed E-state index contributed by atoms with van der Waals surface area (Å²) < 4.78 is 19.4. The molecule has 0 aliphatic heterocycles. The van der Waals surface area contributed by atoms with Gasteiger partial charge in [-0.15, -0.1) is 0 Å². The van der Waals surface area contributed by atoms with Crippen molar-refractivity contribution in [2.24, 2.45) is 20.5 Å². The molecule has 0 saturated heterocycles. The van der Waals surface area contributed by atoms with Gasteiger partial charge in [0, 0.05) is 0 Å². The second kappa shape index (κ2) is 37.3. The van der Waals surface area contributed by atoms with Gasteiger partial charge in [-0.3, -0.25) is 0 Å². The molecule has 0 heterocycles. The minimum atomic E-state index is -0.840. The van der Waals surface area contributed by atoms with Crippen LogP contribution in [0.1, 0.15) is 163 Å². The average Bonchev–Trinajstić information content (AvgIpc) is 3.03. The van der Waals surface area contributed by atoms with Crippen LogP contribution in [-0.2, 0) is 18.9 Å². The lowest BCUT2D eigenvalue weighted by molar-refractivity contribution is 0.143. The highest BCUT2D eigenvalue weighted by Gasteiger charge is 2.05. The van der Waals surface area contributed by atoms with Crippen LogP contribution in [0, 0.1) is 0 Å². The molecule has 0 spiro atoms. The Morgan fingerprint density at radius 3 is 0.711 bits per heavy atom. The molecule has 4 amide bonds. The van der Waals surface area contributed by atoms with Gasteiger partial charge in [0.2, 0.25) is 0 Å². The van der Waals surface area contributed by atoms with Crippen molar-refractivity contribution in [3.63, 3.8) is 0 Å². The fourth-order valence-electron chi connectivity index (χ4n) is 3.92. The Morgan fingerprint density at radius 1 is 0.311 bits per heavy atom. The SMILES string of the molecule is CCCCCCCCOC(=O)N=NC(=O)OCCCCCC.CCCCCCCCOC(=O)N=NC(=O)OCCCCCCC. The molecule has 0 aromatic rings. The predicted octanol–water partition coefficient (Wildman–Crippen LogP) is 11.7. The van der Waals surface area contributed by atoms with E-state index in [2.05, 4.69) is 48.2 Å². The van der Waals surface area contributed by atoms with E-state index in [-0.39, 0.29) is 0 Å². The van der Waals surface area contributed by atoms with Gasteiger partial charge in [0.25, 0.3) is 0 Å². The van der Waals surface area contributed by atoms with E-state index < -0.39 is 24.4 Å². The molecule has 0 bridgehead atoms. The van der Waals surface area contributed by atoms with Gasteiger partial charge in [-0.05, 0) is 25.7 Å². The van der Waals surface area contributed by atoms with Crippen molar-refractivity contribution in [2.45, 2.75) is 163 Å². The second-order valence-electron chi connectivity index (χ2n) is 10.9. The minimum Gasteiger partial charge on any atom is -0.447 e. The summed E-state index contributed by atoms with van der Waals surface area (Å²) in [6.45, 7) is 9.85. The summed E-state index contributed by atoms with van der Waals surface area (Å²) in [5.74, 6) is 0. The number of azo groups is 2. The molecule has 0 rings (SSSR count). The number of unbranched alkanes of at least 4 members (excludes halogenated alkanes) is 17. The van der Waals surface area contributed by atoms with Crippen LogP contribution >= 0.6 is 0 Å². The lowest BCUT2D eigenvalue weighted by Crippen LogP contribution is -2.03. The van der Waals surface area contributed by atoms with E-state index in [1.165, 1.54) is 51.4 Å². The number of hydrogen-bond acceptors (Lipinski definition) is 8. The van der Waals surface area contributed by atoms with Crippen LogP contribution in [0.5, 0.6) is 0 Å². The van der Waals surface area contributed by atoms with Gasteiger partial charge in [0.1, 0.15) is 0 Å². The topological polar surface area (TPSA) is 155 Å². The number of ether oxygens (including phenoxy) is 4. The summed E-state index contributed by atoms with van der Waals surface area (Å²) in [5.41, 5.74) is 0. The van der Waals surface area contributed by atoms with Crippen LogP contribution in [0.25, 0.3) is 0 Å². The van der Waals surface area contributed by atoms with E-state index in [0.717, 1.165) is 83.5 Å². The summed E-state index contributed by atoms with van der Waals surface area (Å²) in [7, 11) is 0. The summed E-state index contributed by atoms with van der Waals surface area (Å²) in [6.07, 6.45) is 19.4. The quantitative estimate of drug-likeness (QED) is 0.0541. The van der Waals surface area contributed by atoms with E-state index in [1.54, 1.807) is 0 Å². The molecule has 0 aliphatic rings.